The smallest absolute Gasteiger partial charge is 0.410 e. The van der Waals surface area contributed by atoms with Crippen molar-refractivity contribution in [3.63, 3.8) is 0 Å². The third-order valence-corrected chi connectivity index (χ3v) is 21.3. The van der Waals surface area contributed by atoms with Crippen LogP contribution >= 0.6 is 0 Å². The quantitative estimate of drug-likeness (QED) is 0.0148. The number of aromatic hydroxyl groups is 1. The molecule has 3 aliphatic rings. The second-order valence-electron chi connectivity index (χ2n) is 30.8. The number of rotatable bonds is 53. The maximum atomic E-state index is 14.5. The van der Waals surface area contributed by atoms with Crippen molar-refractivity contribution in [2.24, 2.45) is 5.92 Å². The number of aromatic nitrogens is 3. The number of cyclic esters (lactones) is 1. The van der Waals surface area contributed by atoms with Gasteiger partial charge in [-0.25, -0.2) is 24.4 Å². The number of phenolic OH excluding ortho intramolecular Hbond substituents is 1. The molecule has 1 saturated heterocycles. The molecule has 682 valence electrons. The van der Waals surface area contributed by atoms with Crippen molar-refractivity contribution in [3.05, 3.63) is 111 Å². The first-order valence-corrected chi connectivity index (χ1v) is 41.7. The van der Waals surface area contributed by atoms with Gasteiger partial charge < -0.3 is 133 Å². The Balaban J connectivity index is 0.812. The number of hydrogen-bond acceptors (Lipinski definition) is 30. The molecule has 6 amide bonds. The minimum atomic E-state index is -2.12. The molecular formula is C85H120N12O27. The number of fused-ring (bicyclic) bond motifs is 6. The Bertz CT molecular complexity index is 4660. The Hall–Kier alpha value is -10.1. The molecule has 124 heavy (non-hydrogen) atoms. The van der Waals surface area contributed by atoms with Crippen LogP contribution in [0.2, 0.25) is 0 Å². The van der Waals surface area contributed by atoms with Crippen LogP contribution in [0.25, 0.3) is 33.2 Å². The predicted molar refractivity (Wildman–Crippen MR) is 449 cm³/mol. The Kier molecular flexibility index (Phi) is 37.7. The summed E-state index contributed by atoms with van der Waals surface area (Å²) in [5.74, 6) is -6.91. The second-order valence-corrected chi connectivity index (χ2v) is 30.8. The van der Waals surface area contributed by atoms with Crippen molar-refractivity contribution in [1.29, 1.82) is 0 Å². The number of benzene rings is 3. The topological polar surface area (TPSA) is 499 Å². The van der Waals surface area contributed by atoms with E-state index in [-0.39, 0.29) is 124 Å². The lowest BCUT2D eigenvalue weighted by atomic mass is 9.86. The van der Waals surface area contributed by atoms with Gasteiger partial charge in [-0.05, 0) is 126 Å². The molecule has 3 aromatic carbocycles. The number of nitrogens with zero attached hydrogens (tertiary/aromatic N) is 5. The molecule has 3 aliphatic heterocycles. The van der Waals surface area contributed by atoms with Crippen molar-refractivity contribution < 1.29 is 126 Å². The molecule has 39 nitrogen and oxygen atoms in total. The number of carbonyl (C=O) groups excluding carboxylic acids is 7. The minimum Gasteiger partial charge on any atom is -0.508 e. The third kappa shape index (κ3) is 26.5. The number of aryl methyl sites for hydroxylation is 1. The van der Waals surface area contributed by atoms with Crippen LogP contribution in [0.15, 0.2) is 71.5 Å². The maximum Gasteiger partial charge on any atom is 0.410 e. The minimum absolute atomic E-state index is 0.0292. The normalized spacial score (nSPS) is 18.0. The zero-order chi connectivity index (χ0) is 89.7. The molecule has 0 aliphatic carbocycles. The summed E-state index contributed by atoms with van der Waals surface area (Å²) in [6.07, 6.45) is -10.5. The molecule has 6 aromatic rings. The molecule has 0 spiro atoms. The van der Waals surface area contributed by atoms with Crippen molar-refractivity contribution in [2.75, 3.05) is 145 Å². The molecule has 39 heteroatoms. The molecule has 9 atom stereocenters. The number of methoxy groups -OCH3 is 1. The number of anilines is 2. The molecule has 1 fully saturated rings. The van der Waals surface area contributed by atoms with Gasteiger partial charge in [-0.3, -0.25) is 34.2 Å². The fourth-order valence-corrected chi connectivity index (χ4v) is 14.1. The van der Waals surface area contributed by atoms with E-state index in [2.05, 4.69) is 48.0 Å². The number of amides is 6. The van der Waals surface area contributed by atoms with Crippen LogP contribution < -0.4 is 47.6 Å². The van der Waals surface area contributed by atoms with Crippen molar-refractivity contribution in [2.45, 2.75) is 180 Å². The fourth-order valence-electron chi connectivity index (χ4n) is 14.1. The summed E-state index contributed by atoms with van der Waals surface area (Å²) in [6, 6.07) is 13.9. The number of ether oxygens (including phenoxy) is 12. The summed E-state index contributed by atoms with van der Waals surface area (Å²) < 4.78 is 69.8. The number of aliphatic hydroxyl groups excluding tert-OH is 3. The molecule has 0 bridgehead atoms. The van der Waals surface area contributed by atoms with Crippen LogP contribution in [0.4, 0.5) is 16.2 Å². The lowest BCUT2D eigenvalue weighted by Crippen LogP contribution is -2.61. The van der Waals surface area contributed by atoms with Gasteiger partial charge in [-0.15, -0.1) is 0 Å². The number of esters is 1. The van der Waals surface area contributed by atoms with Gasteiger partial charge in [0.1, 0.15) is 61.2 Å². The van der Waals surface area contributed by atoms with E-state index in [4.69, 9.17) is 61.8 Å². The summed E-state index contributed by atoms with van der Waals surface area (Å²) in [7, 11) is 7.21. The highest BCUT2D eigenvalue weighted by Crippen LogP contribution is 2.41. The van der Waals surface area contributed by atoms with Crippen LogP contribution in [0.1, 0.15) is 114 Å². The zero-order valence-electron chi connectivity index (χ0n) is 71.9. The number of carboxylic acid groups (broad SMARTS) is 1. The van der Waals surface area contributed by atoms with Gasteiger partial charge in [-0.2, -0.15) is 0 Å². The maximum absolute atomic E-state index is 14.5. The van der Waals surface area contributed by atoms with Crippen molar-refractivity contribution in [1.82, 2.24) is 50.7 Å². The first kappa shape index (κ1) is 97.7. The van der Waals surface area contributed by atoms with E-state index < -0.39 is 120 Å². The lowest BCUT2D eigenvalue weighted by molar-refractivity contribution is -0.271. The standard InChI is InChI=1S/C85H120N12O27/c1-11-85(112)61-44-66-72-55(45-97(66)80(107)60(61)49-121-83(85)110)43-58-59(67(98)20-18-62(58)91-72)47-96(51(4)5)84(111)122-48-53-15-17-63(68(40-53)123-82-75(103)73(101)74(102)76(124-82)81(108)109)92-77(104)52(6)89-79(106)71(50(2)3)93-78(105)64(14-12-13-23-88-69(99)21-24-95-57(46-94(9)87-8)42-54-41-56(86-7)16-19-65(54)95)90-70(100)22-25-114-28-29-116-32-33-118-36-37-120-39-38-119-35-34-117-31-30-115-27-26-113-10/h15-20,40-44,50-52,64,71,73-76,82,86-87,98,101-103,112H,11-14,21-39,45-49H2,1-10H3,(H,88,99)(H,89,106)(H,90,100)(H,92,104)(H,93,105)(H,108,109)/t52-,64-,71-,73-,74-,75+,76-,82+,85-/m0/s1. The average molecular weight is 1740 g/mol. The Morgan fingerprint density at radius 2 is 1.36 bits per heavy atom. The highest BCUT2D eigenvalue weighted by molar-refractivity contribution is 6.00. The van der Waals surface area contributed by atoms with E-state index in [9.17, 15) is 73.8 Å². The zero-order valence-corrected chi connectivity index (χ0v) is 71.9. The van der Waals surface area contributed by atoms with Gasteiger partial charge in [0.25, 0.3) is 5.56 Å². The van der Waals surface area contributed by atoms with Crippen molar-refractivity contribution in [3.8, 4) is 22.9 Å². The van der Waals surface area contributed by atoms with E-state index in [1.165, 1.54) is 40.7 Å². The molecule has 13 N–H and O–H groups in total. The summed E-state index contributed by atoms with van der Waals surface area (Å²) in [5.41, 5.74) is 5.77. The first-order valence-electron chi connectivity index (χ1n) is 41.7. The molecule has 0 radical (unpaired) electrons. The van der Waals surface area contributed by atoms with Gasteiger partial charge in [0.05, 0.1) is 147 Å². The van der Waals surface area contributed by atoms with E-state index in [0.29, 0.717) is 126 Å². The Morgan fingerprint density at radius 3 is 1.98 bits per heavy atom. The van der Waals surface area contributed by atoms with E-state index in [0.717, 1.165) is 22.3 Å². The van der Waals surface area contributed by atoms with Gasteiger partial charge in [0.2, 0.25) is 35.8 Å². The lowest BCUT2D eigenvalue weighted by Gasteiger charge is -2.38. The number of hydrazine groups is 1. The number of unbranched alkanes of at least 4 members (excludes halogenated alkanes) is 1. The van der Waals surface area contributed by atoms with Crippen LogP contribution in [0, 0.1) is 5.92 Å². The van der Waals surface area contributed by atoms with Crippen LogP contribution in [0.5, 0.6) is 11.5 Å². The molecular weight excluding hydrogens is 1620 g/mol. The highest BCUT2D eigenvalue weighted by atomic mass is 16.7. The Labute approximate surface area is 718 Å². The molecule has 0 unspecified atom stereocenters. The van der Waals surface area contributed by atoms with E-state index >= 15 is 0 Å². The number of aliphatic carboxylic acids is 1. The fraction of sp³-hybridized carbons (Fsp3) is 0.576. The summed E-state index contributed by atoms with van der Waals surface area (Å²) in [5, 5.41) is 85.6. The van der Waals surface area contributed by atoms with E-state index in [1.54, 1.807) is 59.9 Å². The number of pyridine rings is 2. The van der Waals surface area contributed by atoms with Gasteiger partial charge in [0.15, 0.2) is 11.7 Å². The molecule has 6 heterocycles. The first-order chi connectivity index (χ1) is 59.5. The van der Waals surface area contributed by atoms with Gasteiger partial charge in [-0.1, -0.05) is 26.8 Å². The second kappa shape index (κ2) is 47.9. The number of aliphatic hydroxyl groups is 4. The summed E-state index contributed by atoms with van der Waals surface area (Å²) in [4.78, 5) is 130. The third-order valence-electron chi connectivity index (χ3n) is 21.3. The number of nitrogens with one attached hydrogen (secondary N) is 7. The van der Waals surface area contributed by atoms with Crippen LogP contribution in [-0.2, 0) is 131 Å². The summed E-state index contributed by atoms with van der Waals surface area (Å²) >= 11 is 0. The number of hydrogen-bond donors (Lipinski definition) is 13. The Morgan fingerprint density at radius 1 is 0.710 bits per heavy atom. The largest absolute Gasteiger partial charge is 0.508 e. The monoisotopic (exact) mass is 1740 g/mol. The number of carbonyl (C=O) groups is 8. The van der Waals surface area contributed by atoms with Crippen LogP contribution in [-0.4, -0.2) is 291 Å². The van der Waals surface area contributed by atoms with Gasteiger partial charge >= 0.3 is 18.0 Å². The average Bonchev–Trinajstić information content (AvgIpc) is 1.55. The predicted octanol–water partition coefficient (Wildman–Crippen LogP) is 2.76. The van der Waals surface area contributed by atoms with E-state index in [1.807, 2.05) is 44.4 Å². The molecule has 9 rings (SSSR count). The number of phenols is 1. The summed E-state index contributed by atoms with van der Waals surface area (Å²) in [6.45, 7) is 15.2. The van der Waals surface area contributed by atoms with Crippen LogP contribution in [0.3, 0.4) is 0 Å². The van der Waals surface area contributed by atoms with Crippen molar-refractivity contribution >= 4 is 80.7 Å². The number of carboxylic acids is 1. The van der Waals surface area contributed by atoms with Gasteiger partial charge in [0, 0.05) is 97.5 Å². The SMILES string of the molecule is CC[C@@]1(O)C(=O)OCc2c1cc1n(c2=O)Cc2cc3c(CN(C(=O)OCc4ccc(NC(=O)[C@H](C)NC(=O)[C@@H](NC(=O)[C@H](CCCCNC(=O)CCn5c(CN(C)NC)cc6cc(NC)ccc65)NC(=O)CCOCCOCCOCCOCCOCCOCCOCCOC)C(C)C)c(O[C@@H]5O[C@H](C(=O)O)[C@@H](O)[C@H](O)[C@H]5O)c4)C(C)C)c(O)ccc3nc2-1. The molecule has 0 saturated carbocycles. The molecule has 3 aromatic heterocycles. The highest BCUT2D eigenvalue weighted by Gasteiger charge is 2.49.